The van der Waals surface area contributed by atoms with Gasteiger partial charge in [0.1, 0.15) is 29.2 Å². The quantitative estimate of drug-likeness (QED) is 0.340. The smallest absolute Gasteiger partial charge is 0.320 e. The minimum absolute atomic E-state index is 0.107. The summed E-state index contributed by atoms with van der Waals surface area (Å²) < 4.78 is 47.1. The van der Waals surface area contributed by atoms with Crippen molar-refractivity contribution in [3.63, 3.8) is 0 Å². The van der Waals surface area contributed by atoms with Gasteiger partial charge < -0.3 is 14.7 Å². The van der Waals surface area contributed by atoms with Crippen LogP contribution in [0.1, 0.15) is 62.0 Å². The maximum absolute atomic E-state index is 14.3. The van der Waals surface area contributed by atoms with Gasteiger partial charge >= 0.3 is 5.97 Å². The third-order valence-electron chi connectivity index (χ3n) is 9.30. The fourth-order valence-electron chi connectivity index (χ4n) is 6.90. The van der Waals surface area contributed by atoms with E-state index in [0.29, 0.717) is 36.8 Å². The van der Waals surface area contributed by atoms with Crippen LogP contribution >= 0.6 is 0 Å². The Labute approximate surface area is 235 Å². The van der Waals surface area contributed by atoms with E-state index in [1.807, 2.05) is 6.07 Å². The van der Waals surface area contributed by atoms with E-state index in [2.05, 4.69) is 9.80 Å². The lowest BCUT2D eigenvalue weighted by Crippen LogP contribution is -2.41. The minimum Gasteiger partial charge on any atom is -0.496 e. The monoisotopic (exact) mass is 558 g/mol. The number of methoxy groups -OCH3 is 1. The minimum atomic E-state index is -0.746. The number of benzene rings is 2. The summed E-state index contributed by atoms with van der Waals surface area (Å²) in [4.78, 5) is 16.8. The normalized spacial score (nSPS) is 23.4. The number of ether oxygens (including phenoxy) is 1. The SMILES string of the molecule is COc1cc(F)cc(F)c1CCCC1CCN(C[C@H]2CN([C@H](CC3CC3)C(=O)O)C[C@@H]2c2cccc(F)c2)CC1. The lowest BCUT2D eigenvalue weighted by atomic mass is 9.86. The van der Waals surface area contributed by atoms with Crippen LogP contribution in [0.4, 0.5) is 13.2 Å². The molecule has 8 heteroatoms. The number of hydrogen-bond acceptors (Lipinski definition) is 4. The van der Waals surface area contributed by atoms with Gasteiger partial charge in [-0.15, -0.1) is 0 Å². The Kier molecular flexibility index (Phi) is 9.36. The Bertz CT molecular complexity index is 1170. The van der Waals surface area contributed by atoms with Gasteiger partial charge in [-0.3, -0.25) is 9.69 Å². The number of piperidine rings is 1. The summed E-state index contributed by atoms with van der Waals surface area (Å²) in [6.07, 6.45) is 7.39. The number of nitrogens with zero attached hydrogens (tertiary/aromatic N) is 2. The van der Waals surface area contributed by atoms with Crippen molar-refractivity contribution >= 4 is 5.97 Å². The molecule has 0 spiro atoms. The highest BCUT2D eigenvalue weighted by Gasteiger charge is 2.42. The highest BCUT2D eigenvalue weighted by molar-refractivity contribution is 5.73. The van der Waals surface area contributed by atoms with Gasteiger partial charge in [-0.25, -0.2) is 13.2 Å². The summed E-state index contributed by atoms with van der Waals surface area (Å²) in [5.41, 5.74) is 1.40. The van der Waals surface area contributed by atoms with Gasteiger partial charge in [-0.2, -0.15) is 0 Å². The molecule has 218 valence electrons. The zero-order chi connectivity index (χ0) is 28.2. The number of carboxylic acids is 1. The Morgan fingerprint density at radius 2 is 1.80 bits per heavy atom. The van der Waals surface area contributed by atoms with Crippen molar-refractivity contribution in [2.75, 3.05) is 39.8 Å². The molecule has 1 saturated carbocycles. The van der Waals surface area contributed by atoms with Gasteiger partial charge in [0.2, 0.25) is 0 Å². The molecular formula is C32H41F3N2O3. The van der Waals surface area contributed by atoms with Crippen molar-refractivity contribution in [1.82, 2.24) is 9.80 Å². The van der Waals surface area contributed by atoms with Crippen LogP contribution in [0.5, 0.6) is 5.75 Å². The van der Waals surface area contributed by atoms with E-state index in [4.69, 9.17) is 4.74 Å². The van der Waals surface area contributed by atoms with Gasteiger partial charge in [-0.1, -0.05) is 31.4 Å². The van der Waals surface area contributed by atoms with E-state index in [1.54, 1.807) is 12.1 Å². The number of rotatable bonds is 12. The van der Waals surface area contributed by atoms with Crippen LogP contribution in [0.25, 0.3) is 0 Å². The van der Waals surface area contributed by atoms with Crippen LogP contribution in [-0.2, 0) is 11.2 Å². The average Bonchev–Trinajstić information content (AvgIpc) is 3.66. The Morgan fingerprint density at radius 1 is 1.02 bits per heavy atom. The van der Waals surface area contributed by atoms with E-state index in [1.165, 1.54) is 19.2 Å². The average molecular weight is 559 g/mol. The van der Waals surface area contributed by atoms with E-state index >= 15 is 0 Å². The molecule has 0 amide bonds. The molecule has 0 bridgehead atoms. The molecule has 0 aromatic heterocycles. The molecule has 1 aliphatic carbocycles. The van der Waals surface area contributed by atoms with Gasteiger partial charge in [0.05, 0.1) is 7.11 Å². The zero-order valence-electron chi connectivity index (χ0n) is 23.3. The van der Waals surface area contributed by atoms with E-state index in [0.717, 1.165) is 76.3 Å². The van der Waals surface area contributed by atoms with Crippen molar-refractivity contribution in [2.24, 2.45) is 17.8 Å². The molecule has 1 N–H and O–H groups in total. The van der Waals surface area contributed by atoms with Crippen molar-refractivity contribution in [3.05, 3.63) is 65.0 Å². The molecule has 2 aromatic rings. The number of aliphatic carboxylic acids is 1. The molecule has 0 unspecified atom stereocenters. The van der Waals surface area contributed by atoms with Crippen LogP contribution < -0.4 is 4.74 Å². The Morgan fingerprint density at radius 3 is 2.48 bits per heavy atom. The van der Waals surface area contributed by atoms with Crippen LogP contribution in [-0.4, -0.2) is 66.8 Å². The summed E-state index contributed by atoms with van der Waals surface area (Å²) in [7, 11) is 1.44. The van der Waals surface area contributed by atoms with Crippen LogP contribution in [0, 0.1) is 35.2 Å². The number of carboxylic acid groups (broad SMARTS) is 1. The molecule has 5 nitrogen and oxygen atoms in total. The molecule has 40 heavy (non-hydrogen) atoms. The molecule has 3 fully saturated rings. The maximum Gasteiger partial charge on any atom is 0.320 e. The van der Waals surface area contributed by atoms with Crippen molar-refractivity contribution in [1.29, 1.82) is 0 Å². The first kappa shape index (κ1) is 28.9. The van der Waals surface area contributed by atoms with Gasteiger partial charge in [-0.05, 0) is 80.6 Å². The number of likely N-dealkylation sites (tertiary alicyclic amines) is 2. The van der Waals surface area contributed by atoms with E-state index < -0.39 is 23.6 Å². The Hall–Kier alpha value is -2.58. The lowest BCUT2D eigenvalue weighted by molar-refractivity contribution is -0.143. The zero-order valence-corrected chi connectivity index (χ0v) is 23.3. The lowest BCUT2D eigenvalue weighted by Gasteiger charge is -2.35. The molecule has 3 atom stereocenters. The topological polar surface area (TPSA) is 53.0 Å². The summed E-state index contributed by atoms with van der Waals surface area (Å²) in [5.74, 6) is -0.473. The first-order chi connectivity index (χ1) is 19.3. The predicted molar refractivity (Wildman–Crippen MR) is 148 cm³/mol. The third-order valence-corrected chi connectivity index (χ3v) is 9.30. The van der Waals surface area contributed by atoms with E-state index in [9.17, 15) is 23.1 Å². The highest BCUT2D eigenvalue weighted by Crippen LogP contribution is 2.40. The summed E-state index contributed by atoms with van der Waals surface area (Å²) in [6.45, 7) is 4.18. The molecule has 3 aliphatic rings. The molecular weight excluding hydrogens is 517 g/mol. The van der Waals surface area contributed by atoms with Gasteiger partial charge in [0, 0.05) is 43.2 Å². The summed E-state index contributed by atoms with van der Waals surface area (Å²) in [5, 5.41) is 9.99. The fraction of sp³-hybridized carbons (Fsp3) is 0.594. The maximum atomic E-state index is 14.3. The van der Waals surface area contributed by atoms with E-state index in [-0.39, 0.29) is 23.4 Å². The van der Waals surface area contributed by atoms with Crippen LogP contribution in [0.3, 0.4) is 0 Å². The van der Waals surface area contributed by atoms with Crippen LogP contribution in [0.2, 0.25) is 0 Å². The number of hydrogen-bond donors (Lipinski definition) is 1. The van der Waals surface area contributed by atoms with Crippen molar-refractivity contribution in [3.8, 4) is 5.75 Å². The third kappa shape index (κ3) is 7.19. The summed E-state index contributed by atoms with van der Waals surface area (Å²) >= 11 is 0. The Balaban J connectivity index is 1.16. The van der Waals surface area contributed by atoms with Gasteiger partial charge in [0.25, 0.3) is 0 Å². The highest BCUT2D eigenvalue weighted by atomic mass is 19.1. The summed E-state index contributed by atoms with van der Waals surface area (Å²) in [6, 6.07) is 8.50. The number of carbonyl (C=O) groups is 1. The second kappa shape index (κ2) is 12.9. The predicted octanol–water partition coefficient (Wildman–Crippen LogP) is 6.12. The molecule has 5 rings (SSSR count). The molecule has 2 saturated heterocycles. The molecule has 2 heterocycles. The first-order valence-corrected chi connectivity index (χ1v) is 14.8. The second-order valence-corrected chi connectivity index (χ2v) is 12.1. The first-order valence-electron chi connectivity index (χ1n) is 14.8. The molecule has 2 aliphatic heterocycles. The van der Waals surface area contributed by atoms with Gasteiger partial charge in [0.15, 0.2) is 0 Å². The second-order valence-electron chi connectivity index (χ2n) is 12.1. The van der Waals surface area contributed by atoms with Crippen LogP contribution in [0.15, 0.2) is 36.4 Å². The fourth-order valence-corrected chi connectivity index (χ4v) is 6.90. The largest absolute Gasteiger partial charge is 0.496 e. The molecule has 0 radical (unpaired) electrons. The standard InChI is InChI=1S/C32H41F3N2O3/c1-40-31-17-26(34)16-29(35)27(31)7-2-4-21-10-12-36(13-11-21)18-24-19-37(30(32(38)39)14-22-8-9-22)20-28(24)23-5-3-6-25(33)15-23/h3,5-6,15-17,21-22,24,28,30H,2,4,7-14,18-20H2,1H3,(H,38,39)/t24-,28+,30+/m0/s1. The van der Waals surface area contributed by atoms with Crippen molar-refractivity contribution in [2.45, 2.75) is 63.3 Å². The number of halogens is 3. The van der Waals surface area contributed by atoms with Crippen molar-refractivity contribution < 1.29 is 27.8 Å². The molecule has 2 aromatic carbocycles.